The quantitative estimate of drug-likeness (QED) is 0.768. The van der Waals surface area contributed by atoms with Crippen molar-refractivity contribution in [2.45, 2.75) is 45.1 Å². The van der Waals surface area contributed by atoms with Crippen LogP contribution in [0.15, 0.2) is 0 Å². The van der Waals surface area contributed by atoms with Gasteiger partial charge in [0.2, 0.25) is 17.8 Å². The van der Waals surface area contributed by atoms with Gasteiger partial charge in [-0.25, -0.2) is 0 Å². The second-order valence-corrected chi connectivity index (χ2v) is 6.95. The molecule has 0 saturated heterocycles. The smallest absolute Gasteiger partial charge is 0.231 e. The number of aromatic nitrogens is 3. The summed E-state index contributed by atoms with van der Waals surface area (Å²) in [6.07, 6.45) is 3.61. The lowest BCUT2D eigenvalue weighted by atomic mass is 9.71. The van der Waals surface area contributed by atoms with E-state index in [-0.39, 0.29) is 5.95 Å². The number of rotatable bonds is 4. The van der Waals surface area contributed by atoms with E-state index in [0.717, 1.165) is 25.7 Å². The number of nitrogen functional groups attached to an aromatic ring is 1. The van der Waals surface area contributed by atoms with Crippen LogP contribution in [0.3, 0.4) is 0 Å². The molecular weight excluding hydrogens is 268 g/mol. The van der Waals surface area contributed by atoms with Gasteiger partial charge in [-0.05, 0) is 31.1 Å². The summed E-state index contributed by atoms with van der Waals surface area (Å²) < 4.78 is 0. The first-order valence-electron chi connectivity index (χ1n) is 7.34. The van der Waals surface area contributed by atoms with Crippen LogP contribution >= 0.6 is 0 Å². The van der Waals surface area contributed by atoms with Crippen molar-refractivity contribution in [1.29, 1.82) is 0 Å². The van der Waals surface area contributed by atoms with Crippen LogP contribution in [0.2, 0.25) is 0 Å². The largest absolute Gasteiger partial charge is 0.388 e. The fourth-order valence-electron chi connectivity index (χ4n) is 2.47. The summed E-state index contributed by atoms with van der Waals surface area (Å²) in [5.41, 5.74) is 5.31. The van der Waals surface area contributed by atoms with Crippen LogP contribution in [0, 0.1) is 5.41 Å². The maximum atomic E-state index is 10.6. The predicted molar refractivity (Wildman–Crippen MR) is 84.3 cm³/mol. The zero-order valence-electron chi connectivity index (χ0n) is 13.3. The lowest BCUT2D eigenvalue weighted by Crippen LogP contribution is -2.42. The lowest BCUT2D eigenvalue weighted by molar-refractivity contribution is -0.0146. The van der Waals surface area contributed by atoms with Crippen LogP contribution in [0.4, 0.5) is 17.8 Å². The topological polar surface area (TPSA) is 100 Å². The Labute approximate surface area is 126 Å². The molecule has 0 atom stereocenters. The summed E-state index contributed by atoms with van der Waals surface area (Å²) in [6, 6.07) is 0. The molecule has 7 heteroatoms. The first-order chi connectivity index (χ1) is 9.69. The summed E-state index contributed by atoms with van der Waals surface area (Å²) in [5, 5.41) is 13.7. The molecule has 0 amide bonds. The molecule has 2 rings (SSSR count). The molecule has 1 fully saturated rings. The number of nitrogens with two attached hydrogens (primary N) is 1. The van der Waals surface area contributed by atoms with Crippen molar-refractivity contribution < 1.29 is 5.11 Å². The standard InChI is InChI=1S/C14H26N6O/c1-13(2)5-7-14(21,8-6-13)9-16-11-17-10(15)18-12(19-11)20(3)4/h21H,5-9H2,1-4H3,(H3,15,16,17,18,19). The molecule has 118 valence electrons. The third-order valence-electron chi connectivity index (χ3n) is 4.15. The molecule has 0 unspecified atom stereocenters. The maximum Gasteiger partial charge on any atom is 0.231 e. The Morgan fingerprint density at radius 1 is 1.14 bits per heavy atom. The van der Waals surface area contributed by atoms with E-state index in [1.165, 1.54) is 0 Å². The summed E-state index contributed by atoms with van der Waals surface area (Å²) >= 11 is 0. The Morgan fingerprint density at radius 2 is 1.76 bits per heavy atom. The molecule has 0 spiro atoms. The molecule has 1 aromatic heterocycles. The molecule has 1 aliphatic rings. The molecular formula is C14H26N6O. The van der Waals surface area contributed by atoms with E-state index in [1.807, 2.05) is 14.1 Å². The van der Waals surface area contributed by atoms with Crippen LogP contribution in [-0.4, -0.2) is 46.3 Å². The number of nitrogens with one attached hydrogen (secondary N) is 1. The average molecular weight is 294 g/mol. The Balaban J connectivity index is 2.00. The van der Waals surface area contributed by atoms with Gasteiger partial charge < -0.3 is 21.1 Å². The Morgan fingerprint density at radius 3 is 2.33 bits per heavy atom. The minimum atomic E-state index is -0.699. The van der Waals surface area contributed by atoms with Crippen LogP contribution in [0.25, 0.3) is 0 Å². The zero-order valence-corrected chi connectivity index (χ0v) is 13.3. The van der Waals surface area contributed by atoms with E-state index in [4.69, 9.17) is 5.73 Å². The number of hydrogen-bond acceptors (Lipinski definition) is 7. The molecule has 21 heavy (non-hydrogen) atoms. The minimum absolute atomic E-state index is 0.174. The normalized spacial score (nSPS) is 20.0. The summed E-state index contributed by atoms with van der Waals surface area (Å²) in [5.74, 6) is 1.08. The van der Waals surface area contributed by atoms with Crippen molar-refractivity contribution in [2.24, 2.45) is 5.41 Å². The highest BCUT2D eigenvalue weighted by atomic mass is 16.3. The monoisotopic (exact) mass is 294 g/mol. The number of aliphatic hydroxyl groups is 1. The van der Waals surface area contributed by atoms with Crippen molar-refractivity contribution in [3.63, 3.8) is 0 Å². The van der Waals surface area contributed by atoms with Crippen molar-refractivity contribution in [3.8, 4) is 0 Å². The molecule has 0 aliphatic heterocycles. The van der Waals surface area contributed by atoms with Crippen LogP contribution in [0.1, 0.15) is 39.5 Å². The van der Waals surface area contributed by atoms with Gasteiger partial charge in [0.1, 0.15) is 0 Å². The average Bonchev–Trinajstić information content (AvgIpc) is 2.40. The van der Waals surface area contributed by atoms with E-state index in [2.05, 4.69) is 34.1 Å². The van der Waals surface area contributed by atoms with Crippen molar-refractivity contribution >= 4 is 17.8 Å². The van der Waals surface area contributed by atoms with Gasteiger partial charge in [-0.2, -0.15) is 15.0 Å². The molecule has 1 aliphatic carbocycles. The van der Waals surface area contributed by atoms with Crippen molar-refractivity contribution in [1.82, 2.24) is 15.0 Å². The molecule has 1 saturated carbocycles. The van der Waals surface area contributed by atoms with Gasteiger partial charge in [0, 0.05) is 20.6 Å². The van der Waals surface area contributed by atoms with E-state index in [1.54, 1.807) is 4.90 Å². The third-order valence-corrected chi connectivity index (χ3v) is 4.15. The molecule has 7 nitrogen and oxygen atoms in total. The van der Waals surface area contributed by atoms with Gasteiger partial charge >= 0.3 is 0 Å². The second-order valence-electron chi connectivity index (χ2n) is 6.95. The Hall–Kier alpha value is -1.63. The van der Waals surface area contributed by atoms with E-state index in [9.17, 15) is 5.11 Å². The second kappa shape index (κ2) is 5.63. The highest BCUT2D eigenvalue weighted by molar-refractivity contribution is 5.40. The molecule has 0 radical (unpaired) electrons. The van der Waals surface area contributed by atoms with Gasteiger partial charge in [-0.3, -0.25) is 0 Å². The minimum Gasteiger partial charge on any atom is -0.388 e. The molecule has 1 heterocycles. The highest BCUT2D eigenvalue weighted by Crippen LogP contribution is 2.40. The van der Waals surface area contributed by atoms with E-state index >= 15 is 0 Å². The van der Waals surface area contributed by atoms with Gasteiger partial charge in [-0.1, -0.05) is 13.8 Å². The summed E-state index contributed by atoms with van der Waals surface area (Å²) in [4.78, 5) is 14.2. The molecule has 4 N–H and O–H groups in total. The summed E-state index contributed by atoms with van der Waals surface area (Å²) in [6.45, 7) is 4.92. The van der Waals surface area contributed by atoms with Crippen LogP contribution in [0.5, 0.6) is 0 Å². The zero-order chi connectivity index (χ0) is 15.7. The predicted octanol–water partition coefficient (Wildman–Crippen LogP) is 1.26. The van der Waals surface area contributed by atoms with Gasteiger partial charge in [0.15, 0.2) is 0 Å². The number of anilines is 3. The fourth-order valence-corrected chi connectivity index (χ4v) is 2.47. The lowest BCUT2D eigenvalue weighted by Gasteiger charge is -2.40. The summed E-state index contributed by atoms with van der Waals surface area (Å²) in [7, 11) is 3.69. The van der Waals surface area contributed by atoms with E-state index in [0.29, 0.717) is 23.9 Å². The molecule has 1 aromatic rings. The number of hydrogen-bond donors (Lipinski definition) is 3. The van der Waals surface area contributed by atoms with Gasteiger partial charge in [0.05, 0.1) is 5.60 Å². The fraction of sp³-hybridized carbons (Fsp3) is 0.786. The Kier molecular flexibility index (Phi) is 4.22. The molecule has 0 bridgehead atoms. The third kappa shape index (κ3) is 4.17. The molecule has 0 aromatic carbocycles. The maximum absolute atomic E-state index is 10.6. The van der Waals surface area contributed by atoms with Crippen LogP contribution in [-0.2, 0) is 0 Å². The van der Waals surface area contributed by atoms with Crippen molar-refractivity contribution in [2.75, 3.05) is 36.6 Å². The van der Waals surface area contributed by atoms with E-state index < -0.39 is 5.60 Å². The SMILES string of the molecule is CN(C)c1nc(N)nc(NCC2(O)CCC(C)(C)CC2)n1. The first kappa shape index (κ1) is 15.8. The number of nitrogens with zero attached hydrogens (tertiary/aromatic N) is 4. The van der Waals surface area contributed by atoms with Crippen molar-refractivity contribution in [3.05, 3.63) is 0 Å². The highest BCUT2D eigenvalue weighted by Gasteiger charge is 2.36. The Bertz CT molecular complexity index is 492. The van der Waals surface area contributed by atoms with Gasteiger partial charge in [-0.15, -0.1) is 0 Å². The van der Waals surface area contributed by atoms with Crippen LogP contribution < -0.4 is 16.0 Å². The first-order valence-corrected chi connectivity index (χ1v) is 7.34. The van der Waals surface area contributed by atoms with Gasteiger partial charge in [0.25, 0.3) is 0 Å².